The average Bonchev–Trinajstić information content (AvgIpc) is 2.89. The van der Waals surface area contributed by atoms with Crippen molar-refractivity contribution in [2.24, 2.45) is 5.73 Å². The largest absolute Gasteiger partial charge is 0.469 e. The van der Waals surface area contributed by atoms with Crippen LogP contribution in [0.2, 0.25) is 0 Å². The van der Waals surface area contributed by atoms with Gasteiger partial charge in [-0.1, -0.05) is 0 Å². The first-order chi connectivity index (χ1) is 8.78. The van der Waals surface area contributed by atoms with Gasteiger partial charge in [0, 0.05) is 31.7 Å². The molecule has 0 saturated heterocycles. The van der Waals surface area contributed by atoms with Gasteiger partial charge < -0.3 is 15.5 Å². The fraction of sp³-hybridized carbons (Fsp3) is 0.357. The first-order valence-corrected chi connectivity index (χ1v) is 6.17. The lowest BCUT2D eigenvalue weighted by Gasteiger charge is -2.12. The molecule has 2 aromatic heterocycles. The Morgan fingerprint density at radius 3 is 3.06 bits per heavy atom. The Kier molecular flexibility index (Phi) is 4.50. The number of nitrogens with two attached hydrogens (primary N) is 1. The second-order valence-corrected chi connectivity index (χ2v) is 4.42. The Morgan fingerprint density at radius 1 is 1.44 bits per heavy atom. The van der Waals surface area contributed by atoms with Crippen molar-refractivity contribution in [1.29, 1.82) is 0 Å². The third-order valence-electron chi connectivity index (χ3n) is 2.83. The summed E-state index contributed by atoms with van der Waals surface area (Å²) in [6.45, 7) is 3.45. The molecule has 0 radical (unpaired) electrons. The van der Waals surface area contributed by atoms with Crippen LogP contribution >= 0.6 is 0 Å². The van der Waals surface area contributed by atoms with E-state index in [1.165, 1.54) is 5.56 Å². The van der Waals surface area contributed by atoms with Crippen molar-refractivity contribution >= 4 is 0 Å². The van der Waals surface area contributed by atoms with E-state index in [9.17, 15) is 0 Å². The molecule has 4 nitrogen and oxygen atoms in total. The van der Waals surface area contributed by atoms with Gasteiger partial charge in [0.15, 0.2) is 0 Å². The van der Waals surface area contributed by atoms with Gasteiger partial charge in [-0.2, -0.15) is 0 Å². The SMILES string of the molecule is CC(Cc1ccco1)NCc1ccnc(CN)c1. The smallest absolute Gasteiger partial charge is 0.105 e. The topological polar surface area (TPSA) is 64.1 Å². The highest BCUT2D eigenvalue weighted by atomic mass is 16.3. The molecule has 2 heterocycles. The summed E-state index contributed by atoms with van der Waals surface area (Å²) in [7, 11) is 0. The molecule has 0 spiro atoms. The molecule has 1 atom stereocenters. The third-order valence-corrected chi connectivity index (χ3v) is 2.83. The van der Waals surface area contributed by atoms with E-state index in [4.69, 9.17) is 10.2 Å². The van der Waals surface area contributed by atoms with Crippen molar-refractivity contribution in [2.75, 3.05) is 0 Å². The summed E-state index contributed by atoms with van der Waals surface area (Å²) in [5.41, 5.74) is 7.70. The first kappa shape index (κ1) is 12.8. The molecule has 0 amide bonds. The number of hydrogen-bond acceptors (Lipinski definition) is 4. The molecule has 0 bridgehead atoms. The number of hydrogen-bond donors (Lipinski definition) is 2. The fourth-order valence-electron chi connectivity index (χ4n) is 1.84. The zero-order valence-corrected chi connectivity index (χ0v) is 10.6. The highest BCUT2D eigenvalue weighted by Crippen LogP contribution is 2.06. The van der Waals surface area contributed by atoms with Crippen LogP contribution in [0.15, 0.2) is 41.1 Å². The van der Waals surface area contributed by atoms with Gasteiger partial charge in [0.1, 0.15) is 5.76 Å². The zero-order valence-electron chi connectivity index (χ0n) is 10.6. The summed E-state index contributed by atoms with van der Waals surface area (Å²) in [6, 6.07) is 8.32. The lowest BCUT2D eigenvalue weighted by Crippen LogP contribution is -2.27. The van der Waals surface area contributed by atoms with Crippen molar-refractivity contribution in [2.45, 2.75) is 32.5 Å². The van der Waals surface area contributed by atoms with Gasteiger partial charge in [0.25, 0.3) is 0 Å². The van der Waals surface area contributed by atoms with Gasteiger partial charge in [-0.05, 0) is 36.8 Å². The van der Waals surface area contributed by atoms with Crippen LogP contribution in [-0.2, 0) is 19.5 Å². The van der Waals surface area contributed by atoms with E-state index >= 15 is 0 Å². The van der Waals surface area contributed by atoms with Gasteiger partial charge in [-0.25, -0.2) is 0 Å². The molecule has 0 saturated carbocycles. The second-order valence-electron chi connectivity index (χ2n) is 4.42. The van der Waals surface area contributed by atoms with Crippen molar-refractivity contribution in [3.05, 3.63) is 53.7 Å². The molecule has 1 unspecified atom stereocenters. The van der Waals surface area contributed by atoms with Gasteiger partial charge in [-0.15, -0.1) is 0 Å². The van der Waals surface area contributed by atoms with E-state index in [0.29, 0.717) is 12.6 Å². The molecule has 0 aliphatic heterocycles. The van der Waals surface area contributed by atoms with Crippen molar-refractivity contribution in [1.82, 2.24) is 10.3 Å². The Morgan fingerprint density at radius 2 is 2.33 bits per heavy atom. The van der Waals surface area contributed by atoms with E-state index in [1.807, 2.05) is 24.3 Å². The third kappa shape index (κ3) is 3.68. The van der Waals surface area contributed by atoms with E-state index in [0.717, 1.165) is 24.4 Å². The van der Waals surface area contributed by atoms with Crippen LogP contribution in [0.3, 0.4) is 0 Å². The lowest BCUT2D eigenvalue weighted by molar-refractivity contribution is 0.456. The number of rotatable bonds is 6. The molecule has 0 fully saturated rings. The zero-order chi connectivity index (χ0) is 12.8. The molecule has 4 heteroatoms. The molecule has 0 aromatic carbocycles. The summed E-state index contributed by atoms with van der Waals surface area (Å²) in [4.78, 5) is 4.18. The number of nitrogens with one attached hydrogen (secondary N) is 1. The van der Waals surface area contributed by atoms with Crippen LogP contribution in [0.25, 0.3) is 0 Å². The molecule has 96 valence electrons. The van der Waals surface area contributed by atoms with Crippen LogP contribution < -0.4 is 11.1 Å². The Labute approximate surface area is 107 Å². The van der Waals surface area contributed by atoms with Crippen LogP contribution in [0.1, 0.15) is 23.9 Å². The standard InChI is InChI=1S/C14H19N3O/c1-11(7-14-3-2-6-18-14)17-10-12-4-5-16-13(8-12)9-15/h2-6,8,11,17H,7,9-10,15H2,1H3. The lowest BCUT2D eigenvalue weighted by atomic mass is 10.1. The fourth-order valence-corrected chi connectivity index (χ4v) is 1.84. The van der Waals surface area contributed by atoms with Crippen LogP contribution in [-0.4, -0.2) is 11.0 Å². The van der Waals surface area contributed by atoms with Gasteiger partial charge in [-0.3, -0.25) is 4.98 Å². The van der Waals surface area contributed by atoms with Gasteiger partial charge in [0.2, 0.25) is 0 Å². The predicted octanol–water partition coefficient (Wildman–Crippen LogP) is 1.85. The molecule has 3 N–H and O–H groups in total. The highest BCUT2D eigenvalue weighted by molar-refractivity contribution is 5.16. The van der Waals surface area contributed by atoms with E-state index in [-0.39, 0.29) is 0 Å². The minimum absolute atomic E-state index is 0.366. The monoisotopic (exact) mass is 245 g/mol. The number of nitrogens with zero attached hydrogens (tertiary/aromatic N) is 1. The first-order valence-electron chi connectivity index (χ1n) is 6.17. The minimum Gasteiger partial charge on any atom is -0.469 e. The molecule has 18 heavy (non-hydrogen) atoms. The van der Waals surface area contributed by atoms with Gasteiger partial charge >= 0.3 is 0 Å². The molecular formula is C14H19N3O. The normalized spacial score (nSPS) is 12.6. The number of aromatic nitrogens is 1. The minimum atomic E-state index is 0.366. The van der Waals surface area contributed by atoms with Crippen molar-refractivity contribution in [3.8, 4) is 0 Å². The second kappa shape index (κ2) is 6.33. The Hall–Kier alpha value is -1.65. The molecule has 2 rings (SSSR count). The summed E-state index contributed by atoms with van der Waals surface area (Å²) < 4.78 is 5.33. The molecule has 0 aliphatic carbocycles. The quantitative estimate of drug-likeness (QED) is 0.815. The number of pyridine rings is 1. The Bertz CT molecular complexity index is 468. The Balaban J connectivity index is 1.83. The van der Waals surface area contributed by atoms with Crippen molar-refractivity contribution in [3.63, 3.8) is 0 Å². The summed E-state index contributed by atoms with van der Waals surface area (Å²) >= 11 is 0. The van der Waals surface area contributed by atoms with E-state index < -0.39 is 0 Å². The summed E-state index contributed by atoms with van der Waals surface area (Å²) in [5, 5.41) is 3.46. The van der Waals surface area contributed by atoms with Gasteiger partial charge in [0.05, 0.1) is 12.0 Å². The predicted molar refractivity (Wildman–Crippen MR) is 70.8 cm³/mol. The maximum absolute atomic E-state index is 5.57. The summed E-state index contributed by atoms with van der Waals surface area (Å²) in [5.74, 6) is 1.01. The summed E-state index contributed by atoms with van der Waals surface area (Å²) in [6.07, 6.45) is 4.40. The van der Waals surface area contributed by atoms with Crippen molar-refractivity contribution < 1.29 is 4.42 Å². The maximum Gasteiger partial charge on any atom is 0.105 e. The highest BCUT2D eigenvalue weighted by Gasteiger charge is 2.05. The molecule has 0 aliphatic rings. The maximum atomic E-state index is 5.57. The average molecular weight is 245 g/mol. The molecule has 2 aromatic rings. The van der Waals surface area contributed by atoms with E-state index in [2.05, 4.69) is 17.2 Å². The number of furan rings is 1. The molecular weight excluding hydrogens is 226 g/mol. The van der Waals surface area contributed by atoms with Crippen LogP contribution in [0, 0.1) is 0 Å². The van der Waals surface area contributed by atoms with Crippen LogP contribution in [0.4, 0.5) is 0 Å². The van der Waals surface area contributed by atoms with E-state index in [1.54, 1.807) is 12.5 Å². The van der Waals surface area contributed by atoms with Crippen LogP contribution in [0.5, 0.6) is 0 Å².